The first-order valence-electron chi connectivity index (χ1n) is 16.2. The van der Waals surface area contributed by atoms with Gasteiger partial charge in [-0.2, -0.15) is 0 Å². The molecule has 6 rings (SSSR count). The van der Waals surface area contributed by atoms with Crippen molar-refractivity contribution in [3.05, 3.63) is 173 Å². The predicted molar refractivity (Wildman–Crippen MR) is 187 cm³/mol. The second-order valence-electron chi connectivity index (χ2n) is 11.8. The Balaban J connectivity index is 1.31. The monoisotopic (exact) mass is 646 g/mol. The number of hydrogen-bond acceptors (Lipinski definition) is 6. The van der Waals surface area contributed by atoms with Crippen LogP contribution in [0.3, 0.4) is 0 Å². The first kappa shape index (κ1) is 33.2. The van der Waals surface area contributed by atoms with E-state index in [0.717, 1.165) is 27.1 Å². The van der Waals surface area contributed by atoms with Crippen molar-refractivity contribution < 1.29 is 23.7 Å². The molecule has 5 atom stereocenters. The maximum atomic E-state index is 6.95. The summed E-state index contributed by atoms with van der Waals surface area (Å²) in [5.74, 6) is 0. The molecule has 0 N–H and O–H groups in total. The number of hydrogen-bond donors (Lipinski definition) is 0. The average Bonchev–Trinajstić information content (AvgIpc) is 3.12. The zero-order chi connectivity index (χ0) is 32.1. The SMILES string of the molecule is Cc1ccc(S[C@H]2O[C@H](COCc3ccccc3)[C@@H](OCc3ccccc3)[C@H](OCc3ccccc3)[C@H]2OCc2ccccc2)cc1. The van der Waals surface area contributed by atoms with E-state index in [-0.39, 0.29) is 5.44 Å². The van der Waals surface area contributed by atoms with Crippen LogP contribution in [0, 0.1) is 6.92 Å². The largest absolute Gasteiger partial charge is 0.374 e. The molecule has 1 aliphatic heterocycles. The van der Waals surface area contributed by atoms with Crippen LogP contribution in [-0.4, -0.2) is 36.5 Å². The first-order chi connectivity index (χ1) is 23.2. The Bertz CT molecular complexity index is 1590. The summed E-state index contributed by atoms with van der Waals surface area (Å²) < 4.78 is 33.7. The quantitative estimate of drug-likeness (QED) is 0.113. The molecular formula is C41H42O5S. The van der Waals surface area contributed by atoms with Crippen LogP contribution in [0.2, 0.25) is 0 Å². The van der Waals surface area contributed by atoms with Crippen molar-refractivity contribution in [2.45, 2.75) is 68.1 Å². The summed E-state index contributed by atoms with van der Waals surface area (Å²) in [4.78, 5) is 1.10. The highest BCUT2D eigenvalue weighted by Gasteiger charge is 2.49. The molecule has 0 amide bonds. The smallest absolute Gasteiger partial charge is 0.137 e. The predicted octanol–water partition coefficient (Wildman–Crippen LogP) is 8.79. The second-order valence-corrected chi connectivity index (χ2v) is 12.9. The summed E-state index contributed by atoms with van der Waals surface area (Å²) >= 11 is 1.65. The van der Waals surface area contributed by atoms with Crippen LogP contribution in [0.5, 0.6) is 0 Å². The molecule has 1 saturated heterocycles. The van der Waals surface area contributed by atoms with Gasteiger partial charge in [-0.05, 0) is 41.3 Å². The van der Waals surface area contributed by atoms with E-state index in [2.05, 4.69) is 79.7 Å². The molecule has 1 heterocycles. The molecule has 5 aromatic carbocycles. The highest BCUT2D eigenvalue weighted by Crippen LogP contribution is 2.38. The first-order valence-corrected chi connectivity index (χ1v) is 17.1. The fourth-order valence-corrected chi connectivity index (χ4v) is 6.72. The Hall–Kier alpha value is -3.75. The van der Waals surface area contributed by atoms with Gasteiger partial charge in [0.25, 0.3) is 0 Å². The molecule has 0 spiro atoms. The van der Waals surface area contributed by atoms with Crippen molar-refractivity contribution in [2.75, 3.05) is 6.61 Å². The van der Waals surface area contributed by atoms with E-state index in [1.807, 2.05) is 72.8 Å². The van der Waals surface area contributed by atoms with Gasteiger partial charge < -0.3 is 23.7 Å². The van der Waals surface area contributed by atoms with Gasteiger partial charge in [0.2, 0.25) is 0 Å². The van der Waals surface area contributed by atoms with Crippen molar-refractivity contribution in [3.63, 3.8) is 0 Å². The molecule has 0 aromatic heterocycles. The highest BCUT2D eigenvalue weighted by molar-refractivity contribution is 7.99. The van der Waals surface area contributed by atoms with Gasteiger partial charge in [-0.25, -0.2) is 0 Å². The van der Waals surface area contributed by atoms with Gasteiger partial charge in [0.15, 0.2) is 0 Å². The van der Waals surface area contributed by atoms with Gasteiger partial charge in [0.05, 0.1) is 33.0 Å². The minimum atomic E-state index is -0.453. The normalized spacial score (nSPS) is 21.0. The standard InChI is InChI=1S/C41H42O5S/c1-31-22-24-36(25-23-31)47-41-40(45-29-35-20-12-5-13-21-35)39(44-28-34-18-10-4-11-19-34)38(43-27-33-16-8-3-9-17-33)37(46-41)30-42-26-32-14-6-2-7-15-32/h2-25,37-41H,26-30H2,1H3/t37-,38-,39+,40-,41-/m1/s1. The van der Waals surface area contributed by atoms with E-state index in [0.29, 0.717) is 33.0 Å². The van der Waals surface area contributed by atoms with Crippen LogP contribution in [0.4, 0.5) is 0 Å². The second kappa shape index (κ2) is 17.4. The summed E-state index contributed by atoms with van der Waals surface area (Å²) in [5, 5.41) is 0. The number of thioether (sulfide) groups is 1. The molecule has 0 saturated carbocycles. The maximum absolute atomic E-state index is 6.95. The summed E-state index contributed by atoms with van der Waals surface area (Å²) in [5.41, 5.74) is 5.20. The van der Waals surface area contributed by atoms with Gasteiger partial charge in [-0.15, -0.1) is 0 Å². The lowest BCUT2D eigenvalue weighted by atomic mass is 9.98. The maximum Gasteiger partial charge on any atom is 0.137 e. The Morgan fingerprint density at radius 1 is 0.489 bits per heavy atom. The minimum Gasteiger partial charge on any atom is -0.374 e. The third kappa shape index (κ3) is 9.88. The van der Waals surface area contributed by atoms with E-state index in [1.54, 1.807) is 11.8 Å². The minimum absolute atomic E-state index is 0.343. The van der Waals surface area contributed by atoms with Gasteiger partial charge in [0.1, 0.15) is 29.9 Å². The number of aryl methyl sites for hydroxylation is 1. The van der Waals surface area contributed by atoms with Crippen molar-refractivity contribution >= 4 is 11.8 Å². The van der Waals surface area contributed by atoms with Crippen molar-refractivity contribution in [2.24, 2.45) is 0 Å². The molecule has 1 fully saturated rings. The van der Waals surface area contributed by atoms with Gasteiger partial charge >= 0.3 is 0 Å². The van der Waals surface area contributed by atoms with Crippen molar-refractivity contribution in [1.29, 1.82) is 0 Å². The topological polar surface area (TPSA) is 46.2 Å². The van der Waals surface area contributed by atoms with Crippen LogP contribution in [0.25, 0.3) is 0 Å². The van der Waals surface area contributed by atoms with Crippen LogP contribution in [0.1, 0.15) is 27.8 Å². The summed E-state index contributed by atoms with van der Waals surface area (Å²) in [6.45, 7) is 4.17. The molecule has 0 bridgehead atoms. The van der Waals surface area contributed by atoms with Crippen molar-refractivity contribution in [3.8, 4) is 0 Å². The van der Waals surface area contributed by atoms with E-state index in [4.69, 9.17) is 23.7 Å². The van der Waals surface area contributed by atoms with E-state index in [9.17, 15) is 0 Å². The fourth-order valence-electron chi connectivity index (χ4n) is 5.59. The van der Waals surface area contributed by atoms with Crippen LogP contribution >= 0.6 is 11.8 Å². The third-order valence-electron chi connectivity index (χ3n) is 8.11. The molecule has 6 heteroatoms. The fraction of sp³-hybridized carbons (Fsp3) is 0.268. The van der Waals surface area contributed by atoms with E-state index in [1.165, 1.54) is 5.56 Å². The zero-order valence-electron chi connectivity index (χ0n) is 26.7. The molecule has 0 unspecified atom stereocenters. The van der Waals surface area contributed by atoms with Gasteiger partial charge in [0, 0.05) is 4.90 Å². The average molecular weight is 647 g/mol. The van der Waals surface area contributed by atoms with Crippen LogP contribution in [-0.2, 0) is 50.1 Å². The number of ether oxygens (including phenoxy) is 5. The third-order valence-corrected chi connectivity index (χ3v) is 9.27. The molecule has 242 valence electrons. The van der Waals surface area contributed by atoms with Crippen LogP contribution < -0.4 is 0 Å². The Kier molecular flexibility index (Phi) is 12.3. The Morgan fingerprint density at radius 3 is 1.40 bits per heavy atom. The lowest BCUT2D eigenvalue weighted by molar-refractivity contribution is -0.254. The molecular weight excluding hydrogens is 605 g/mol. The molecule has 1 aliphatic rings. The number of rotatable bonds is 15. The molecule has 47 heavy (non-hydrogen) atoms. The lowest BCUT2D eigenvalue weighted by Gasteiger charge is -2.46. The summed E-state index contributed by atoms with van der Waals surface area (Å²) in [6, 6.07) is 49.4. The van der Waals surface area contributed by atoms with Crippen LogP contribution in [0.15, 0.2) is 150 Å². The van der Waals surface area contributed by atoms with Crippen molar-refractivity contribution in [1.82, 2.24) is 0 Å². The highest BCUT2D eigenvalue weighted by atomic mass is 32.2. The molecule has 0 aliphatic carbocycles. The molecule has 0 radical (unpaired) electrons. The van der Waals surface area contributed by atoms with E-state index < -0.39 is 24.4 Å². The zero-order valence-corrected chi connectivity index (χ0v) is 27.5. The van der Waals surface area contributed by atoms with E-state index >= 15 is 0 Å². The summed E-state index contributed by atoms with van der Waals surface area (Å²) in [7, 11) is 0. The van der Waals surface area contributed by atoms with Gasteiger partial charge in [-0.3, -0.25) is 0 Å². The summed E-state index contributed by atoms with van der Waals surface area (Å²) in [6.07, 6.45) is -1.73. The molecule has 5 nitrogen and oxygen atoms in total. The van der Waals surface area contributed by atoms with Gasteiger partial charge in [-0.1, -0.05) is 151 Å². The number of benzene rings is 5. The Morgan fingerprint density at radius 2 is 0.915 bits per heavy atom. The molecule has 5 aromatic rings. The Labute approximate surface area is 282 Å². The lowest BCUT2D eigenvalue weighted by Crippen LogP contribution is -2.60.